The number of rotatable bonds is 68. The minimum absolute atomic E-state index is 0.161. The highest BCUT2D eigenvalue weighted by atomic mass is 32.2. The first-order chi connectivity index (χ1) is 40.1. The van der Waals surface area contributed by atoms with Crippen LogP contribution in [0.4, 0.5) is 0 Å². The molecule has 0 aliphatic carbocycles. The minimum atomic E-state index is -0.460. The van der Waals surface area contributed by atoms with Crippen LogP contribution in [0.1, 0.15) is 362 Å². The van der Waals surface area contributed by atoms with Gasteiger partial charge in [-0.2, -0.15) is 0 Å². The molecule has 0 spiro atoms. The number of thioether (sulfide) groups is 2. The Morgan fingerprint density at radius 1 is 0.280 bits per heavy atom. The summed E-state index contributed by atoms with van der Waals surface area (Å²) in [6, 6.07) is 0. The van der Waals surface area contributed by atoms with Crippen molar-refractivity contribution in [3.8, 4) is 0 Å². The van der Waals surface area contributed by atoms with E-state index in [1.807, 2.05) is 0 Å². The van der Waals surface area contributed by atoms with Gasteiger partial charge < -0.3 is 20.4 Å². The van der Waals surface area contributed by atoms with Gasteiger partial charge in [-0.15, -0.1) is 0 Å². The molecule has 4 unspecified atom stereocenters. The van der Waals surface area contributed by atoms with Gasteiger partial charge in [0.25, 0.3) is 0 Å². The summed E-state index contributed by atoms with van der Waals surface area (Å²) in [7, 11) is 0. The molecule has 0 aromatic carbocycles. The smallest absolute Gasteiger partial charge is 0.212 e. The second kappa shape index (κ2) is 66.5. The van der Waals surface area contributed by atoms with Gasteiger partial charge in [-0.3, -0.25) is 19.4 Å². The highest BCUT2D eigenvalue weighted by molar-refractivity contribution is 8.14. The monoisotopic (exact) mass is 1200 g/mol. The summed E-state index contributed by atoms with van der Waals surface area (Å²) in [5.41, 5.74) is 0. The Bertz CT molecular complexity index is 1160. The zero-order valence-electron chi connectivity index (χ0n) is 55.2. The molecule has 10 heteroatoms. The van der Waals surface area contributed by atoms with Crippen molar-refractivity contribution in [3.05, 3.63) is 12.2 Å². The van der Waals surface area contributed by atoms with E-state index in [0.29, 0.717) is 50.8 Å². The van der Waals surface area contributed by atoms with E-state index in [1.54, 1.807) is 0 Å². The van der Waals surface area contributed by atoms with E-state index in [4.69, 9.17) is 0 Å². The molecule has 4 N–H and O–H groups in total. The molecule has 0 aliphatic rings. The Morgan fingerprint density at radius 3 is 0.610 bits per heavy atom. The van der Waals surface area contributed by atoms with Crippen LogP contribution in [0, 0.1) is 0 Å². The van der Waals surface area contributed by atoms with Gasteiger partial charge in [-0.25, -0.2) is 0 Å². The average Bonchev–Trinajstić information content (AvgIpc) is 3.45. The maximum Gasteiger partial charge on any atom is 0.212 e. The Morgan fingerprint density at radius 2 is 0.439 bits per heavy atom. The summed E-state index contributed by atoms with van der Waals surface area (Å²) >= 11 is 2.39. The quantitative estimate of drug-likeness (QED) is 0.0346. The molecule has 0 radical (unpaired) electrons. The third-order valence-electron chi connectivity index (χ3n) is 17.1. The van der Waals surface area contributed by atoms with Crippen molar-refractivity contribution in [3.63, 3.8) is 0 Å². The van der Waals surface area contributed by atoms with Crippen LogP contribution in [0.5, 0.6) is 0 Å². The molecular weight excluding hydrogens is 1050 g/mol. The number of nitrogens with zero attached hydrogens (tertiary/aromatic N) is 2. The van der Waals surface area contributed by atoms with Crippen LogP contribution in [0.3, 0.4) is 0 Å². The Kier molecular flexibility index (Phi) is 66.1. The summed E-state index contributed by atoms with van der Waals surface area (Å²) in [5, 5.41) is 44.3. The molecule has 8 nitrogen and oxygen atoms in total. The number of unbranched alkanes of at least 4 members (excludes halogenated alkanes) is 44. The fraction of sp³-hybridized carbons (Fsp3) is 0.944. The van der Waals surface area contributed by atoms with Gasteiger partial charge in [0.15, 0.2) is 0 Å². The summed E-state index contributed by atoms with van der Waals surface area (Å²) in [5.74, 6) is 1.05. The van der Waals surface area contributed by atoms with E-state index in [-0.39, 0.29) is 10.2 Å². The van der Waals surface area contributed by atoms with Crippen LogP contribution >= 0.6 is 23.5 Å². The first-order valence-corrected chi connectivity index (χ1v) is 38.3. The van der Waals surface area contributed by atoms with Gasteiger partial charge in [-0.05, 0) is 37.8 Å². The number of aliphatic hydroxyl groups is 4. The zero-order chi connectivity index (χ0) is 59.9. The third-order valence-corrected chi connectivity index (χ3v) is 18.7. The lowest BCUT2D eigenvalue weighted by Crippen LogP contribution is -2.39. The first kappa shape index (κ1) is 81.5. The molecule has 0 fully saturated rings. The normalized spacial score (nSPS) is 13.5. The van der Waals surface area contributed by atoms with E-state index in [9.17, 15) is 30.0 Å². The largest absolute Gasteiger partial charge is 0.392 e. The van der Waals surface area contributed by atoms with E-state index >= 15 is 0 Å². The van der Waals surface area contributed by atoms with Crippen molar-refractivity contribution < 1.29 is 30.0 Å². The number of carbonyl (C=O) groups is 2. The lowest BCUT2D eigenvalue weighted by molar-refractivity contribution is -0.109. The van der Waals surface area contributed by atoms with E-state index in [2.05, 4.69) is 37.5 Å². The van der Waals surface area contributed by atoms with Gasteiger partial charge in [0.1, 0.15) is 0 Å². The molecule has 0 aromatic rings. The van der Waals surface area contributed by atoms with Crippen LogP contribution in [0.15, 0.2) is 12.2 Å². The van der Waals surface area contributed by atoms with Crippen molar-refractivity contribution >= 4 is 33.8 Å². The molecule has 4 atom stereocenters. The lowest BCUT2D eigenvalue weighted by atomic mass is 10.0. The maximum atomic E-state index is 13.1. The van der Waals surface area contributed by atoms with Crippen molar-refractivity contribution in [1.82, 2.24) is 9.80 Å². The molecule has 0 aliphatic heterocycles. The van der Waals surface area contributed by atoms with Crippen molar-refractivity contribution in [2.75, 3.05) is 50.8 Å². The fourth-order valence-electron chi connectivity index (χ4n) is 11.7. The molecule has 0 aromatic heterocycles. The van der Waals surface area contributed by atoms with Crippen LogP contribution in [0.25, 0.3) is 0 Å². The van der Waals surface area contributed by atoms with Crippen molar-refractivity contribution in [2.45, 2.75) is 386 Å². The predicted molar refractivity (Wildman–Crippen MR) is 364 cm³/mol. The van der Waals surface area contributed by atoms with Crippen LogP contribution < -0.4 is 0 Å². The summed E-state index contributed by atoms with van der Waals surface area (Å²) in [4.78, 5) is 30.4. The molecule has 0 amide bonds. The third kappa shape index (κ3) is 62.6. The minimum Gasteiger partial charge on any atom is -0.392 e. The van der Waals surface area contributed by atoms with Crippen LogP contribution in [0.2, 0.25) is 0 Å². The Hall–Kier alpha value is -0.460. The summed E-state index contributed by atoms with van der Waals surface area (Å²) < 4.78 is 0. The molecule has 488 valence electrons. The van der Waals surface area contributed by atoms with Crippen LogP contribution in [-0.2, 0) is 9.59 Å². The van der Waals surface area contributed by atoms with Gasteiger partial charge in [-0.1, -0.05) is 359 Å². The van der Waals surface area contributed by atoms with E-state index < -0.39 is 24.4 Å². The molecule has 0 bridgehead atoms. The fourth-order valence-corrected chi connectivity index (χ4v) is 13.2. The Labute approximate surface area is 519 Å². The second-order valence-electron chi connectivity index (χ2n) is 25.5. The highest BCUT2D eigenvalue weighted by Crippen LogP contribution is 2.20. The highest BCUT2D eigenvalue weighted by Gasteiger charge is 2.19. The SMILES string of the molecule is CCCCCCCCCCCCCCC(O)CN(CCSC(=O)/C=C\C(=O)SCCN(CC(O)CCCCCCCCCCCCCC)CC(O)CCCCCCCCCCCCCC)CC(O)CCCCCCCCCCCCCC. The molecule has 0 saturated carbocycles. The molecule has 0 saturated heterocycles. The van der Waals surface area contributed by atoms with Gasteiger partial charge in [0, 0.05) is 50.8 Å². The number of carbonyl (C=O) groups excluding carboxylic acids is 2. The summed E-state index contributed by atoms with van der Waals surface area (Å²) in [6.07, 6.45) is 65.9. The average molecular weight is 1200 g/mol. The van der Waals surface area contributed by atoms with Gasteiger partial charge in [0.05, 0.1) is 24.4 Å². The van der Waals surface area contributed by atoms with Gasteiger partial charge in [0.2, 0.25) is 10.2 Å². The summed E-state index contributed by atoms with van der Waals surface area (Å²) in [6.45, 7) is 12.3. The zero-order valence-corrected chi connectivity index (χ0v) is 56.8. The van der Waals surface area contributed by atoms with E-state index in [0.717, 1.165) is 77.0 Å². The van der Waals surface area contributed by atoms with Crippen molar-refractivity contribution in [1.29, 1.82) is 0 Å². The topological polar surface area (TPSA) is 122 Å². The number of hydrogen-bond donors (Lipinski definition) is 4. The number of aliphatic hydroxyl groups excluding tert-OH is 4. The van der Waals surface area contributed by atoms with E-state index in [1.165, 1.54) is 293 Å². The van der Waals surface area contributed by atoms with Crippen molar-refractivity contribution in [2.24, 2.45) is 0 Å². The Balaban J connectivity index is 5.09. The molecule has 0 heterocycles. The standard InChI is InChI=1S/C72H142N2O6S2/c1-5-9-13-17-21-25-29-33-37-41-45-49-53-67(75)63-73(64-68(76)54-50-46-42-38-34-30-26-22-18-14-10-6-2)59-61-81-71(79)57-58-72(80)82-62-60-74(65-69(77)55-51-47-43-39-35-31-27-23-19-15-11-7-3)66-70(78)56-52-48-44-40-36-32-28-24-20-16-12-8-4/h57-58,67-70,75-78H,5-56,59-66H2,1-4H3/b58-57-. The molecule has 0 rings (SSSR count). The lowest BCUT2D eigenvalue weighted by Gasteiger charge is -2.27. The molecule has 82 heavy (non-hydrogen) atoms. The predicted octanol–water partition coefficient (Wildman–Crippen LogP) is 20.5. The maximum absolute atomic E-state index is 13.1. The second-order valence-corrected chi connectivity index (χ2v) is 27.7. The molecular formula is C72H142N2O6S2. The first-order valence-electron chi connectivity index (χ1n) is 36.3. The number of hydrogen-bond acceptors (Lipinski definition) is 10. The van der Waals surface area contributed by atoms with Gasteiger partial charge >= 0.3 is 0 Å². The van der Waals surface area contributed by atoms with Crippen LogP contribution in [-0.4, -0.2) is 116 Å².